The highest BCUT2D eigenvalue weighted by molar-refractivity contribution is 5.82. The number of rotatable bonds is 6. The van der Waals surface area contributed by atoms with Gasteiger partial charge in [-0.2, -0.15) is 5.10 Å². The fourth-order valence-electron chi connectivity index (χ4n) is 3.44. The Hall–Kier alpha value is -3.48. The van der Waals surface area contributed by atoms with Gasteiger partial charge in [0.15, 0.2) is 0 Å². The molecule has 6 nitrogen and oxygen atoms in total. The third kappa shape index (κ3) is 3.63. The maximum absolute atomic E-state index is 14.2. The van der Waals surface area contributed by atoms with Crippen molar-refractivity contribution in [3.63, 3.8) is 0 Å². The van der Waals surface area contributed by atoms with Crippen molar-refractivity contribution in [3.8, 4) is 17.0 Å². The Labute approximate surface area is 167 Å². The van der Waals surface area contributed by atoms with Gasteiger partial charge in [-0.1, -0.05) is 0 Å². The molecule has 1 aliphatic carbocycles. The van der Waals surface area contributed by atoms with Crippen LogP contribution in [0.5, 0.6) is 5.75 Å². The summed E-state index contributed by atoms with van der Waals surface area (Å²) >= 11 is 0. The van der Waals surface area contributed by atoms with Gasteiger partial charge in [0.2, 0.25) is 0 Å². The van der Waals surface area contributed by atoms with E-state index in [1.807, 2.05) is 24.3 Å². The van der Waals surface area contributed by atoms with E-state index < -0.39 is 0 Å². The highest BCUT2D eigenvalue weighted by atomic mass is 19.1. The van der Waals surface area contributed by atoms with Gasteiger partial charge in [0, 0.05) is 41.8 Å². The van der Waals surface area contributed by atoms with Crippen LogP contribution in [0.4, 0.5) is 15.8 Å². The molecule has 0 bridgehead atoms. The van der Waals surface area contributed by atoms with Gasteiger partial charge in [-0.25, -0.2) is 9.37 Å². The first kappa shape index (κ1) is 17.6. The number of nitrogens with zero attached hydrogens (tertiary/aromatic N) is 4. The van der Waals surface area contributed by atoms with Crippen molar-refractivity contribution in [2.24, 2.45) is 5.92 Å². The molecule has 1 saturated carbocycles. The fraction of sp³-hybridized carbons (Fsp3) is 0.227. The molecule has 1 N–H and O–H groups in total. The normalized spacial score (nSPS) is 13.6. The number of nitrogens with one attached hydrogen (secondary N) is 1. The molecule has 0 spiro atoms. The lowest BCUT2D eigenvalue weighted by Gasteiger charge is -2.26. The minimum atomic E-state index is -0.317. The van der Waals surface area contributed by atoms with Crippen LogP contribution in [0.15, 0.2) is 55.0 Å². The smallest absolute Gasteiger partial charge is 0.128 e. The van der Waals surface area contributed by atoms with Crippen molar-refractivity contribution in [2.75, 3.05) is 18.6 Å². The summed E-state index contributed by atoms with van der Waals surface area (Å²) in [6.07, 6.45) is 7.64. The first-order chi connectivity index (χ1) is 14.2. The molecule has 0 unspecified atom stereocenters. The highest BCUT2D eigenvalue weighted by Gasteiger charge is 2.26. The molecule has 0 saturated heterocycles. The number of ether oxygens (including phenoxy) is 1. The summed E-state index contributed by atoms with van der Waals surface area (Å²) in [5.74, 6) is 0.801. The number of benzene rings is 2. The average Bonchev–Trinajstić information content (AvgIpc) is 3.40. The van der Waals surface area contributed by atoms with E-state index in [2.05, 4.69) is 20.1 Å². The van der Waals surface area contributed by atoms with Crippen LogP contribution in [0.1, 0.15) is 12.8 Å². The SMILES string of the molecule is COc1cc(F)cc(N(CC2CC2)c2ccc3ncc(-c4cn[nH]c4)nc3c2)c1. The Morgan fingerprint density at radius 3 is 2.76 bits per heavy atom. The standard InChI is InChI=1S/C22H20FN5O/c1-29-19-7-16(23)6-18(8-19)28(13-14-2-3-14)17-4-5-20-21(9-17)27-22(12-24-20)15-10-25-26-11-15/h4-12,14H,2-3,13H2,1H3,(H,25,26). The summed E-state index contributed by atoms with van der Waals surface area (Å²) in [6, 6.07) is 10.8. The Kier molecular flexibility index (Phi) is 4.35. The van der Waals surface area contributed by atoms with E-state index in [1.165, 1.54) is 18.9 Å². The molecule has 4 aromatic rings. The predicted octanol–water partition coefficient (Wildman–Crippen LogP) is 4.72. The molecule has 29 heavy (non-hydrogen) atoms. The molecule has 1 aliphatic rings. The maximum atomic E-state index is 14.2. The molecule has 0 radical (unpaired) electrons. The minimum absolute atomic E-state index is 0.317. The zero-order valence-electron chi connectivity index (χ0n) is 16.0. The van der Waals surface area contributed by atoms with Gasteiger partial charge in [-0.3, -0.25) is 10.1 Å². The number of hydrogen-bond donors (Lipinski definition) is 1. The van der Waals surface area contributed by atoms with Crippen LogP contribution in [0, 0.1) is 11.7 Å². The van der Waals surface area contributed by atoms with E-state index in [0.29, 0.717) is 11.7 Å². The van der Waals surface area contributed by atoms with E-state index in [0.717, 1.165) is 40.2 Å². The number of methoxy groups -OCH3 is 1. The molecular weight excluding hydrogens is 369 g/mol. The van der Waals surface area contributed by atoms with Crippen molar-refractivity contribution >= 4 is 22.4 Å². The van der Waals surface area contributed by atoms with Crippen molar-refractivity contribution in [3.05, 3.63) is 60.8 Å². The average molecular weight is 389 g/mol. The number of aromatic nitrogens is 4. The Morgan fingerprint density at radius 1 is 1.10 bits per heavy atom. The second-order valence-corrected chi connectivity index (χ2v) is 7.32. The predicted molar refractivity (Wildman–Crippen MR) is 110 cm³/mol. The third-order valence-corrected chi connectivity index (χ3v) is 5.17. The molecule has 2 aromatic carbocycles. The summed E-state index contributed by atoms with van der Waals surface area (Å²) in [5.41, 5.74) is 4.95. The van der Waals surface area contributed by atoms with Crippen LogP contribution in [0.3, 0.4) is 0 Å². The lowest BCUT2D eigenvalue weighted by Crippen LogP contribution is -2.20. The molecule has 0 amide bonds. The van der Waals surface area contributed by atoms with Crippen molar-refractivity contribution in [1.82, 2.24) is 20.2 Å². The molecule has 2 aromatic heterocycles. The van der Waals surface area contributed by atoms with Gasteiger partial charge in [-0.15, -0.1) is 0 Å². The van der Waals surface area contributed by atoms with Crippen LogP contribution in [0.2, 0.25) is 0 Å². The zero-order valence-corrected chi connectivity index (χ0v) is 16.0. The molecule has 5 rings (SSSR count). The molecule has 7 heteroatoms. The monoisotopic (exact) mass is 389 g/mol. The molecule has 2 heterocycles. The Balaban J connectivity index is 1.58. The summed E-state index contributed by atoms with van der Waals surface area (Å²) in [4.78, 5) is 11.4. The van der Waals surface area contributed by atoms with Crippen molar-refractivity contribution < 1.29 is 9.13 Å². The van der Waals surface area contributed by atoms with Crippen molar-refractivity contribution in [2.45, 2.75) is 12.8 Å². The van der Waals surface area contributed by atoms with Gasteiger partial charge < -0.3 is 9.64 Å². The van der Waals surface area contributed by atoms with Crippen LogP contribution in [0.25, 0.3) is 22.3 Å². The van der Waals surface area contributed by atoms with Gasteiger partial charge in [-0.05, 0) is 43.0 Å². The van der Waals surface area contributed by atoms with E-state index in [9.17, 15) is 4.39 Å². The number of halogens is 1. The highest BCUT2D eigenvalue weighted by Crippen LogP contribution is 2.37. The number of anilines is 2. The summed E-state index contributed by atoms with van der Waals surface area (Å²) < 4.78 is 19.4. The largest absolute Gasteiger partial charge is 0.497 e. The van der Waals surface area contributed by atoms with Gasteiger partial charge in [0.25, 0.3) is 0 Å². The van der Waals surface area contributed by atoms with Crippen LogP contribution in [-0.2, 0) is 0 Å². The van der Waals surface area contributed by atoms with Crippen LogP contribution in [-0.4, -0.2) is 33.8 Å². The van der Waals surface area contributed by atoms with E-state index in [4.69, 9.17) is 9.72 Å². The first-order valence-electron chi connectivity index (χ1n) is 9.58. The topological polar surface area (TPSA) is 66.9 Å². The van der Waals surface area contributed by atoms with Gasteiger partial charge >= 0.3 is 0 Å². The second-order valence-electron chi connectivity index (χ2n) is 7.32. The number of hydrogen-bond acceptors (Lipinski definition) is 5. The Morgan fingerprint density at radius 2 is 2.00 bits per heavy atom. The van der Waals surface area contributed by atoms with Crippen molar-refractivity contribution in [1.29, 1.82) is 0 Å². The molecule has 0 atom stereocenters. The fourth-order valence-corrected chi connectivity index (χ4v) is 3.44. The number of aromatic amines is 1. The van der Waals surface area contributed by atoms with Crippen LogP contribution >= 0.6 is 0 Å². The second kappa shape index (κ2) is 7.16. The third-order valence-electron chi connectivity index (χ3n) is 5.17. The number of H-pyrrole nitrogens is 1. The quantitative estimate of drug-likeness (QED) is 0.517. The lowest BCUT2D eigenvalue weighted by atomic mass is 10.1. The van der Waals surface area contributed by atoms with E-state index in [1.54, 1.807) is 31.8 Å². The maximum Gasteiger partial charge on any atom is 0.128 e. The van der Waals surface area contributed by atoms with E-state index >= 15 is 0 Å². The molecule has 1 fully saturated rings. The first-order valence-corrected chi connectivity index (χ1v) is 9.58. The summed E-state index contributed by atoms with van der Waals surface area (Å²) in [5, 5.41) is 6.78. The van der Waals surface area contributed by atoms with Gasteiger partial charge in [0.1, 0.15) is 11.6 Å². The summed E-state index contributed by atoms with van der Waals surface area (Å²) in [6.45, 7) is 0.826. The number of fused-ring (bicyclic) bond motifs is 1. The zero-order chi connectivity index (χ0) is 19.8. The molecule has 146 valence electrons. The molecule has 0 aliphatic heterocycles. The minimum Gasteiger partial charge on any atom is -0.497 e. The lowest BCUT2D eigenvalue weighted by molar-refractivity contribution is 0.411. The van der Waals surface area contributed by atoms with E-state index in [-0.39, 0.29) is 5.82 Å². The van der Waals surface area contributed by atoms with Crippen LogP contribution < -0.4 is 9.64 Å². The van der Waals surface area contributed by atoms with Gasteiger partial charge in [0.05, 0.1) is 36.2 Å². The summed E-state index contributed by atoms with van der Waals surface area (Å²) in [7, 11) is 1.55. The Bertz CT molecular complexity index is 1160. The molecular formula is C22H20FN5O.